The van der Waals surface area contributed by atoms with Crippen molar-refractivity contribution < 1.29 is 4.39 Å². The number of rotatable bonds is 3. The van der Waals surface area contributed by atoms with Gasteiger partial charge in [0.05, 0.1) is 17.1 Å². The minimum Gasteiger partial charge on any atom is -0.251 e. The first-order chi connectivity index (χ1) is 15.5. The largest absolute Gasteiger partial charge is 0.251 e. The third-order valence-corrected chi connectivity index (χ3v) is 6.27. The van der Waals surface area contributed by atoms with Crippen molar-refractivity contribution in [3.05, 3.63) is 130 Å². The second kappa shape index (κ2) is 9.58. The maximum atomic E-state index is 13.9. The summed E-state index contributed by atoms with van der Waals surface area (Å²) in [7, 11) is 0. The molecular weight excluding hydrogens is 463 g/mol. The molecule has 32 heavy (non-hydrogen) atoms. The van der Waals surface area contributed by atoms with Crippen molar-refractivity contribution in [2.45, 2.75) is 20.3 Å². The van der Waals surface area contributed by atoms with Crippen LogP contribution in [0.3, 0.4) is 0 Å². The molecule has 1 aromatic heterocycles. The van der Waals surface area contributed by atoms with Gasteiger partial charge in [-0.25, -0.2) is 9.37 Å². The molecule has 0 saturated carbocycles. The van der Waals surface area contributed by atoms with Crippen molar-refractivity contribution in [1.29, 1.82) is 0 Å². The van der Waals surface area contributed by atoms with Gasteiger partial charge in [0.2, 0.25) is 0 Å². The summed E-state index contributed by atoms with van der Waals surface area (Å²) < 4.78 is 14.9. The zero-order valence-corrected chi connectivity index (χ0v) is 19.7. The van der Waals surface area contributed by atoms with E-state index in [-0.39, 0.29) is 11.7 Å². The lowest BCUT2D eigenvalue weighted by molar-refractivity contribution is 0.609. The first kappa shape index (κ1) is 22.1. The van der Waals surface area contributed by atoms with Crippen LogP contribution < -0.4 is 0 Å². The van der Waals surface area contributed by atoms with E-state index < -0.39 is 0 Å². The van der Waals surface area contributed by atoms with Gasteiger partial charge in [0.25, 0.3) is 0 Å². The molecule has 3 aliphatic rings. The second-order valence-corrected chi connectivity index (χ2v) is 8.71. The maximum absolute atomic E-state index is 13.9. The van der Waals surface area contributed by atoms with Crippen molar-refractivity contribution in [3.8, 4) is 0 Å². The van der Waals surface area contributed by atoms with Gasteiger partial charge in [0.1, 0.15) is 5.82 Å². The highest BCUT2D eigenvalue weighted by Gasteiger charge is 2.27. The van der Waals surface area contributed by atoms with Gasteiger partial charge in [0.15, 0.2) is 0 Å². The van der Waals surface area contributed by atoms with E-state index in [4.69, 9.17) is 4.99 Å². The van der Waals surface area contributed by atoms with E-state index in [1.54, 1.807) is 13.0 Å². The van der Waals surface area contributed by atoms with Gasteiger partial charge >= 0.3 is 0 Å². The molecule has 1 aliphatic heterocycles. The lowest BCUT2D eigenvalue weighted by atomic mass is 9.83. The monoisotopic (exact) mass is 486 g/mol. The van der Waals surface area contributed by atoms with Crippen LogP contribution in [0, 0.1) is 18.7 Å². The Morgan fingerprint density at radius 3 is 2.78 bits per heavy atom. The molecule has 2 bridgehead atoms. The number of hydrogen-bond acceptors (Lipinski definition) is 2. The van der Waals surface area contributed by atoms with Crippen LogP contribution in [0.2, 0.25) is 0 Å². The Morgan fingerprint density at radius 2 is 2.00 bits per heavy atom. The third-order valence-electron chi connectivity index (χ3n) is 5.58. The van der Waals surface area contributed by atoms with Crippen LogP contribution >= 0.6 is 15.9 Å². The van der Waals surface area contributed by atoms with E-state index in [1.807, 2.05) is 37.3 Å². The summed E-state index contributed by atoms with van der Waals surface area (Å²) in [6, 6.07) is 3.18. The number of hydrogen-bond donors (Lipinski definition) is 0. The predicted molar refractivity (Wildman–Crippen MR) is 136 cm³/mol. The van der Waals surface area contributed by atoms with Crippen molar-refractivity contribution >= 4 is 27.3 Å². The molecule has 160 valence electrons. The molecule has 0 spiro atoms. The number of nitrogens with zero attached hydrogens (tertiary/aromatic N) is 2. The molecule has 0 fully saturated rings. The van der Waals surface area contributed by atoms with E-state index in [9.17, 15) is 4.39 Å². The van der Waals surface area contributed by atoms with Gasteiger partial charge in [-0.1, -0.05) is 77.2 Å². The van der Waals surface area contributed by atoms with Gasteiger partial charge < -0.3 is 0 Å². The van der Waals surface area contributed by atoms with Gasteiger partial charge in [0, 0.05) is 22.5 Å². The molecule has 0 aromatic carbocycles. The van der Waals surface area contributed by atoms with E-state index in [2.05, 4.69) is 63.9 Å². The third kappa shape index (κ3) is 4.71. The SMILES string of the molecule is C=C1\C=C/C(C2=C(c3ccc(F)c(C)n3)N=C3C=CC=CC2C3)=C/C=C/C1=C/C(Br)=C\C. The average molecular weight is 487 g/mol. The summed E-state index contributed by atoms with van der Waals surface area (Å²) in [6.45, 7) is 7.90. The highest BCUT2D eigenvalue weighted by Crippen LogP contribution is 2.39. The topological polar surface area (TPSA) is 25.2 Å². The number of aryl methyl sites for hydroxylation is 1. The smallest absolute Gasteiger partial charge is 0.144 e. The Morgan fingerprint density at radius 1 is 1.16 bits per heavy atom. The van der Waals surface area contributed by atoms with Crippen LogP contribution in [0.1, 0.15) is 24.7 Å². The molecule has 4 rings (SSSR count). The molecule has 2 aliphatic carbocycles. The summed E-state index contributed by atoms with van der Waals surface area (Å²) in [5, 5.41) is 0. The number of pyridine rings is 1. The lowest BCUT2D eigenvalue weighted by Crippen LogP contribution is -2.16. The number of aromatic nitrogens is 1. The van der Waals surface area contributed by atoms with E-state index >= 15 is 0 Å². The van der Waals surface area contributed by atoms with Crippen molar-refractivity contribution in [1.82, 2.24) is 4.98 Å². The van der Waals surface area contributed by atoms with E-state index in [1.165, 1.54) is 6.07 Å². The van der Waals surface area contributed by atoms with E-state index in [0.29, 0.717) is 11.4 Å². The molecule has 0 N–H and O–H groups in total. The Balaban J connectivity index is 1.88. The predicted octanol–water partition coefficient (Wildman–Crippen LogP) is 7.66. The summed E-state index contributed by atoms with van der Waals surface area (Å²) in [4.78, 5) is 9.45. The van der Waals surface area contributed by atoms with E-state index in [0.717, 1.165) is 44.6 Å². The van der Waals surface area contributed by atoms with Crippen molar-refractivity contribution in [3.63, 3.8) is 0 Å². The number of halogens is 2. The van der Waals surface area contributed by atoms with Crippen LogP contribution in [-0.4, -0.2) is 10.7 Å². The number of aliphatic imine (C=N–C) groups is 1. The van der Waals surface area contributed by atoms with Crippen LogP contribution in [0.5, 0.6) is 0 Å². The van der Waals surface area contributed by atoms with Crippen LogP contribution in [-0.2, 0) is 0 Å². The Labute approximate surface area is 197 Å². The fourth-order valence-electron chi connectivity index (χ4n) is 3.87. The number of fused-ring (bicyclic) bond motifs is 2. The molecule has 2 heterocycles. The first-order valence-electron chi connectivity index (χ1n) is 10.6. The molecule has 0 radical (unpaired) electrons. The minimum absolute atomic E-state index is 0.156. The summed E-state index contributed by atoms with van der Waals surface area (Å²) in [6.07, 6.45) is 23.5. The summed E-state index contributed by atoms with van der Waals surface area (Å²) in [5.41, 5.74) is 6.93. The zero-order valence-electron chi connectivity index (χ0n) is 18.1. The van der Waals surface area contributed by atoms with Crippen LogP contribution in [0.4, 0.5) is 4.39 Å². The fourth-order valence-corrected chi connectivity index (χ4v) is 4.11. The zero-order chi connectivity index (χ0) is 22.7. The molecule has 0 saturated heterocycles. The minimum atomic E-state index is -0.313. The Kier molecular flexibility index (Phi) is 6.61. The highest BCUT2D eigenvalue weighted by atomic mass is 79.9. The van der Waals surface area contributed by atoms with Gasteiger partial charge in [-0.3, -0.25) is 4.99 Å². The molecule has 0 amide bonds. The van der Waals surface area contributed by atoms with Gasteiger partial charge in [-0.05, 0) is 60.4 Å². The summed E-state index contributed by atoms with van der Waals surface area (Å²) >= 11 is 3.54. The first-order valence-corrected chi connectivity index (χ1v) is 11.4. The normalized spacial score (nSPS) is 25.6. The Hall–Kier alpha value is -3.11. The molecule has 1 aromatic rings. The lowest BCUT2D eigenvalue weighted by Gasteiger charge is -2.25. The van der Waals surface area contributed by atoms with Crippen molar-refractivity contribution in [2.75, 3.05) is 0 Å². The highest BCUT2D eigenvalue weighted by molar-refractivity contribution is 9.11. The molecule has 2 nitrogen and oxygen atoms in total. The maximum Gasteiger partial charge on any atom is 0.144 e. The molecular formula is C28H24BrFN2. The fraction of sp³-hybridized carbons (Fsp3) is 0.143. The standard InChI is InChI=1S/C28H24BrFN2/c1-4-23(29)16-21-10-7-9-20(13-12-18(21)2)27-22-8-5-6-11-24(17-22)32-28(27)26-15-14-25(30)19(3)31-26/h4-16,22H,2,17H2,1,3H3/b10-7+,13-12-,20-9-,21-16-,23-4+. The Bertz CT molecular complexity index is 1250. The summed E-state index contributed by atoms with van der Waals surface area (Å²) in [5.74, 6) is -0.156. The average Bonchev–Trinajstić information content (AvgIpc) is 2.97. The number of allylic oxidation sites excluding steroid dienone is 16. The van der Waals surface area contributed by atoms with Crippen LogP contribution in [0.25, 0.3) is 5.70 Å². The quantitative estimate of drug-likeness (QED) is 0.430. The van der Waals surface area contributed by atoms with Gasteiger partial charge in [-0.15, -0.1) is 0 Å². The second-order valence-electron chi connectivity index (χ2n) is 7.80. The van der Waals surface area contributed by atoms with Crippen LogP contribution in [0.15, 0.2) is 117 Å². The molecule has 1 atom stereocenters. The van der Waals surface area contributed by atoms with Gasteiger partial charge in [-0.2, -0.15) is 0 Å². The van der Waals surface area contributed by atoms with Crippen molar-refractivity contribution in [2.24, 2.45) is 10.9 Å². The molecule has 4 heteroatoms. The molecule has 1 unspecified atom stereocenters.